The average molecular weight is 441 g/mol. The Kier molecular flexibility index (Phi) is 6.31. The fraction of sp³-hybridized carbons (Fsp3) is 0.250. The Bertz CT molecular complexity index is 977. The van der Waals surface area contributed by atoms with Crippen LogP contribution in [0.5, 0.6) is 0 Å². The minimum atomic E-state index is -4.72. The number of nitrogens with zero attached hydrogens (tertiary/aromatic N) is 1. The van der Waals surface area contributed by atoms with E-state index >= 15 is 0 Å². The number of hydrogen-bond donors (Lipinski definition) is 1. The van der Waals surface area contributed by atoms with E-state index in [1.54, 1.807) is 17.0 Å². The third kappa shape index (κ3) is 5.10. The standard InChI is InChI=1S/C20H16ClF3N2O4/c21-13-5-8-16(15(10-13)20(22,23)24)25-17(27)11-30-19(29)12-3-6-14(7-4-12)26-9-1-2-18(26)28/h3-8,10H,1-2,9,11H2,(H,25,27). The summed E-state index contributed by atoms with van der Waals surface area (Å²) < 4.78 is 44.0. The third-order valence-corrected chi connectivity index (χ3v) is 4.62. The minimum absolute atomic E-state index is 0.00224. The minimum Gasteiger partial charge on any atom is -0.452 e. The molecular formula is C20H16ClF3N2O4. The van der Waals surface area contributed by atoms with Crippen molar-refractivity contribution in [2.24, 2.45) is 0 Å². The number of halogens is 4. The van der Waals surface area contributed by atoms with Crippen LogP contribution in [0, 0.1) is 0 Å². The zero-order chi connectivity index (χ0) is 21.9. The van der Waals surface area contributed by atoms with E-state index in [1.165, 1.54) is 18.2 Å². The number of benzene rings is 2. The van der Waals surface area contributed by atoms with Crippen LogP contribution in [0.25, 0.3) is 0 Å². The van der Waals surface area contributed by atoms with Gasteiger partial charge in [-0.25, -0.2) is 4.79 Å². The molecule has 0 unspecified atom stereocenters. The van der Waals surface area contributed by atoms with E-state index in [1.807, 2.05) is 0 Å². The van der Waals surface area contributed by atoms with Crippen molar-refractivity contribution in [3.05, 3.63) is 58.6 Å². The van der Waals surface area contributed by atoms with E-state index in [2.05, 4.69) is 5.32 Å². The fourth-order valence-corrected chi connectivity index (χ4v) is 3.13. The summed E-state index contributed by atoms with van der Waals surface area (Å²) in [5.74, 6) is -1.76. The SMILES string of the molecule is O=C(COC(=O)c1ccc(N2CCCC2=O)cc1)Nc1ccc(Cl)cc1C(F)(F)F. The Balaban J connectivity index is 1.59. The quantitative estimate of drug-likeness (QED) is 0.704. The number of anilines is 2. The highest BCUT2D eigenvalue weighted by atomic mass is 35.5. The summed E-state index contributed by atoms with van der Waals surface area (Å²) in [5.41, 5.74) is -0.816. The predicted octanol–water partition coefficient (Wildman–Crippen LogP) is 4.28. The van der Waals surface area contributed by atoms with Gasteiger partial charge in [0.15, 0.2) is 6.61 Å². The number of ether oxygens (including phenoxy) is 1. The Morgan fingerprint density at radius 1 is 1.13 bits per heavy atom. The van der Waals surface area contributed by atoms with Crippen molar-refractivity contribution < 1.29 is 32.3 Å². The second-order valence-electron chi connectivity index (χ2n) is 6.51. The number of rotatable bonds is 5. The van der Waals surface area contributed by atoms with E-state index in [9.17, 15) is 27.6 Å². The van der Waals surface area contributed by atoms with E-state index in [-0.39, 0.29) is 16.5 Å². The van der Waals surface area contributed by atoms with Gasteiger partial charge < -0.3 is 15.0 Å². The third-order valence-electron chi connectivity index (χ3n) is 4.38. The molecule has 1 saturated heterocycles. The summed E-state index contributed by atoms with van der Waals surface area (Å²) in [7, 11) is 0. The molecule has 0 radical (unpaired) electrons. The van der Waals surface area contributed by atoms with Crippen molar-refractivity contribution in [1.29, 1.82) is 0 Å². The molecule has 6 nitrogen and oxygen atoms in total. The molecule has 0 bridgehead atoms. The van der Waals surface area contributed by atoms with Gasteiger partial charge in [0.25, 0.3) is 5.91 Å². The van der Waals surface area contributed by atoms with Crippen LogP contribution in [0.1, 0.15) is 28.8 Å². The van der Waals surface area contributed by atoms with Crippen molar-refractivity contribution >= 4 is 40.8 Å². The lowest BCUT2D eigenvalue weighted by Gasteiger charge is -2.16. The second-order valence-corrected chi connectivity index (χ2v) is 6.94. The lowest BCUT2D eigenvalue weighted by molar-refractivity contribution is -0.137. The van der Waals surface area contributed by atoms with E-state index in [0.29, 0.717) is 24.7 Å². The molecule has 1 fully saturated rings. The first-order chi connectivity index (χ1) is 14.1. The summed E-state index contributed by atoms with van der Waals surface area (Å²) in [6.45, 7) is -0.168. The number of esters is 1. The topological polar surface area (TPSA) is 75.7 Å². The van der Waals surface area contributed by atoms with E-state index in [4.69, 9.17) is 16.3 Å². The summed E-state index contributed by atoms with van der Waals surface area (Å²) in [5, 5.41) is 1.93. The van der Waals surface area contributed by atoms with Gasteiger partial charge in [0.2, 0.25) is 5.91 Å². The normalized spacial score (nSPS) is 14.0. The Labute approximate surface area is 174 Å². The molecule has 1 aliphatic heterocycles. The molecule has 1 aliphatic rings. The van der Waals surface area contributed by atoms with Crippen LogP contribution < -0.4 is 10.2 Å². The van der Waals surface area contributed by atoms with E-state index in [0.717, 1.165) is 12.5 Å². The van der Waals surface area contributed by atoms with Crippen LogP contribution in [0.15, 0.2) is 42.5 Å². The van der Waals surface area contributed by atoms with Crippen LogP contribution in [0.2, 0.25) is 5.02 Å². The Morgan fingerprint density at radius 2 is 1.83 bits per heavy atom. The summed E-state index contributed by atoms with van der Waals surface area (Å²) >= 11 is 5.59. The average Bonchev–Trinajstić information content (AvgIpc) is 3.12. The number of carbonyl (C=O) groups is 3. The van der Waals surface area contributed by atoms with Gasteiger partial charge >= 0.3 is 12.1 Å². The van der Waals surface area contributed by atoms with Gasteiger partial charge in [-0.3, -0.25) is 9.59 Å². The highest BCUT2D eigenvalue weighted by Crippen LogP contribution is 2.36. The van der Waals surface area contributed by atoms with Gasteiger partial charge in [-0.05, 0) is 48.9 Å². The second kappa shape index (κ2) is 8.74. The Hall–Kier alpha value is -3.07. The van der Waals surface area contributed by atoms with Crippen molar-refractivity contribution in [2.45, 2.75) is 19.0 Å². The summed E-state index contributed by atoms with van der Waals surface area (Å²) in [6.07, 6.45) is -3.48. The first-order valence-corrected chi connectivity index (χ1v) is 9.27. The molecule has 2 aromatic rings. The molecule has 0 spiro atoms. The monoisotopic (exact) mass is 440 g/mol. The van der Waals surface area contributed by atoms with Gasteiger partial charge in [-0.1, -0.05) is 11.6 Å². The largest absolute Gasteiger partial charge is 0.452 e. The first-order valence-electron chi connectivity index (χ1n) is 8.89. The zero-order valence-corrected chi connectivity index (χ0v) is 16.2. The molecule has 30 heavy (non-hydrogen) atoms. The first kappa shape index (κ1) is 21.6. The number of amides is 2. The summed E-state index contributed by atoms with van der Waals surface area (Å²) in [4.78, 5) is 37.4. The van der Waals surface area contributed by atoms with Crippen LogP contribution in [0.4, 0.5) is 24.5 Å². The van der Waals surface area contributed by atoms with Crippen LogP contribution in [0.3, 0.4) is 0 Å². The van der Waals surface area contributed by atoms with Crippen molar-refractivity contribution in [3.8, 4) is 0 Å². The molecule has 1 N–H and O–H groups in total. The van der Waals surface area contributed by atoms with Crippen molar-refractivity contribution in [2.75, 3.05) is 23.4 Å². The van der Waals surface area contributed by atoms with Gasteiger partial charge in [-0.15, -0.1) is 0 Å². The van der Waals surface area contributed by atoms with Gasteiger partial charge in [0.05, 0.1) is 16.8 Å². The van der Waals surface area contributed by atoms with Gasteiger partial charge in [0.1, 0.15) is 0 Å². The predicted molar refractivity (Wildman–Crippen MR) is 103 cm³/mol. The zero-order valence-electron chi connectivity index (χ0n) is 15.5. The molecule has 0 aliphatic carbocycles. The molecule has 0 atom stereocenters. The number of alkyl halides is 3. The number of hydrogen-bond acceptors (Lipinski definition) is 4. The molecular weight excluding hydrogens is 425 g/mol. The molecule has 1 heterocycles. The highest BCUT2D eigenvalue weighted by molar-refractivity contribution is 6.30. The lowest BCUT2D eigenvalue weighted by atomic mass is 10.1. The Morgan fingerprint density at radius 3 is 2.43 bits per heavy atom. The lowest BCUT2D eigenvalue weighted by Crippen LogP contribution is -2.24. The maximum absolute atomic E-state index is 13.1. The van der Waals surface area contributed by atoms with Crippen LogP contribution >= 0.6 is 11.6 Å². The maximum atomic E-state index is 13.1. The van der Waals surface area contributed by atoms with Gasteiger partial charge in [0, 0.05) is 23.7 Å². The molecule has 3 rings (SSSR count). The molecule has 0 aromatic heterocycles. The summed E-state index contributed by atoms with van der Waals surface area (Å²) in [6, 6.07) is 8.97. The molecule has 2 amide bonds. The smallest absolute Gasteiger partial charge is 0.418 e. The van der Waals surface area contributed by atoms with Crippen molar-refractivity contribution in [1.82, 2.24) is 0 Å². The van der Waals surface area contributed by atoms with E-state index < -0.39 is 35.9 Å². The van der Waals surface area contributed by atoms with Crippen molar-refractivity contribution in [3.63, 3.8) is 0 Å². The number of nitrogens with one attached hydrogen (secondary N) is 1. The highest BCUT2D eigenvalue weighted by Gasteiger charge is 2.34. The van der Waals surface area contributed by atoms with Gasteiger partial charge in [-0.2, -0.15) is 13.2 Å². The fourth-order valence-electron chi connectivity index (χ4n) is 2.96. The van der Waals surface area contributed by atoms with Crippen LogP contribution in [-0.2, 0) is 20.5 Å². The molecule has 2 aromatic carbocycles. The number of carbonyl (C=O) groups excluding carboxylic acids is 3. The molecule has 158 valence electrons. The molecule has 0 saturated carbocycles. The molecule has 10 heteroatoms. The van der Waals surface area contributed by atoms with Crippen LogP contribution in [-0.4, -0.2) is 30.9 Å². The maximum Gasteiger partial charge on any atom is 0.418 e.